The Balaban J connectivity index is 2.08. The molecule has 2 aromatic carbocycles. The van der Waals surface area contributed by atoms with E-state index in [0.29, 0.717) is 10.0 Å². The van der Waals surface area contributed by atoms with Crippen molar-refractivity contribution in [2.75, 3.05) is 0 Å². The molecule has 1 saturated carbocycles. The van der Waals surface area contributed by atoms with Crippen molar-refractivity contribution < 1.29 is 5.11 Å². The van der Waals surface area contributed by atoms with Gasteiger partial charge in [0, 0.05) is 10.0 Å². The predicted molar refractivity (Wildman–Crippen MR) is 78.6 cm³/mol. The van der Waals surface area contributed by atoms with Gasteiger partial charge in [-0.3, -0.25) is 0 Å². The summed E-state index contributed by atoms with van der Waals surface area (Å²) in [4.78, 5) is 0. The molecule has 0 radical (unpaired) electrons. The van der Waals surface area contributed by atoms with Crippen LogP contribution in [-0.2, 0) is 5.60 Å². The number of hydrogen-bond donors (Lipinski definition) is 1. The fourth-order valence-electron chi connectivity index (χ4n) is 2.55. The van der Waals surface area contributed by atoms with Crippen LogP contribution in [0.5, 0.6) is 0 Å². The Morgan fingerprint density at radius 1 is 0.789 bits per heavy atom. The first-order chi connectivity index (χ1) is 9.10. The van der Waals surface area contributed by atoms with Crippen LogP contribution >= 0.6 is 23.2 Å². The highest BCUT2D eigenvalue weighted by atomic mass is 35.5. The third-order valence-electron chi connectivity index (χ3n) is 3.74. The molecule has 0 spiro atoms. The van der Waals surface area contributed by atoms with Crippen molar-refractivity contribution in [1.29, 1.82) is 0 Å². The van der Waals surface area contributed by atoms with Gasteiger partial charge in [-0.05, 0) is 54.2 Å². The van der Waals surface area contributed by atoms with Crippen LogP contribution in [0.3, 0.4) is 0 Å². The van der Waals surface area contributed by atoms with Crippen molar-refractivity contribution in [3.05, 3.63) is 69.7 Å². The Morgan fingerprint density at radius 2 is 1.16 bits per heavy atom. The second-order valence-electron chi connectivity index (χ2n) is 5.05. The van der Waals surface area contributed by atoms with E-state index in [1.807, 2.05) is 48.5 Å². The van der Waals surface area contributed by atoms with Gasteiger partial charge in [-0.25, -0.2) is 0 Å². The minimum absolute atomic E-state index is 0.273. The SMILES string of the molecule is OC(c1ccc(Cl)cc1)(c1ccc(Cl)cc1)C1CC1. The zero-order valence-electron chi connectivity index (χ0n) is 10.3. The highest BCUT2D eigenvalue weighted by Crippen LogP contribution is 2.49. The van der Waals surface area contributed by atoms with Crippen LogP contribution in [0.15, 0.2) is 48.5 Å². The van der Waals surface area contributed by atoms with Gasteiger partial charge in [-0.15, -0.1) is 0 Å². The summed E-state index contributed by atoms with van der Waals surface area (Å²) in [5, 5.41) is 12.5. The van der Waals surface area contributed by atoms with Gasteiger partial charge in [0.05, 0.1) is 0 Å². The van der Waals surface area contributed by atoms with E-state index in [2.05, 4.69) is 0 Å². The third kappa shape index (κ3) is 2.38. The topological polar surface area (TPSA) is 20.2 Å². The first-order valence-electron chi connectivity index (χ1n) is 6.35. The van der Waals surface area contributed by atoms with Crippen LogP contribution in [-0.4, -0.2) is 5.11 Å². The summed E-state index contributed by atoms with van der Waals surface area (Å²) in [5.41, 5.74) is 0.846. The first kappa shape index (κ1) is 13.0. The van der Waals surface area contributed by atoms with E-state index in [1.54, 1.807) is 0 Å². The summed E-state index contributed by atoms with van der Waals surface area (Å²) < 4.78 is 0. The van der Waals surface area contributed by atoms with Gasteiger partial charge in [0.15, 0.2) is 0 Å². The predicted octanol–water partition coefficient (Wildman–Crippen LogP) is 4.64. The van der Waals surface area contributed by atoms with Crippen molar-refractivity contribution in [3.63, 3.8) is 0 Å². The Morgan fingerprint density at radius 3 is 1.47 bits per heavy atom. The molecular weight excluding hydrogens is 279 g/mol. The molecule has 0 saturated heterocycles. The normalized spacial score (nSPS) is 15.5. The second kappa shape index (κ2) is 4.82. The van der Waals surface area contributed by atoms with E-state index in [9.17, 15) is 5.11 Å². The smallest absolute Gasteiger partial charge is 0.117 e. The Bertz CT molecular complexity index is 525. The standard InChI is InChI=1S/C16H14Cl2O/c17-14-7-3-12(4-8-14)16(19,11-1-2-11)13-5-9-15(18)10-6-13/h3-11,19H,1-2H2. The maximum atomic E-state index is 11.2. The van der Waals surface area contributed by atoms with Gasteiger partial charge < -0.3 is 5.11 Å². The fraction of sp³-hybridized carbons (Fsp3) is 0.250. The van der Waals surface area contributed by atoms with Crippen LogP contribution in [0, 0.1) is 5.92 Å². The highest BCUT2D eigenvalue weighted by molar-refractivity contribution is 6.30. The Kier molecular flexibility index (Phi) is 3.30. The lowest BCUT2D eigenvalue weighted by atomic mass is 9.82. The van der Waals surface area contributed by atoms with Crippen LogP contribution < -0.4 is 0 Å². The summed E-state index contributed by atoms with van der Waals surface area (Å²) in [6.07, 6.45) is 2.09. The average molecular weight is 293 g/mol. The Labute approximate surface area is 122 Å². The molecule has 0 unspecified atom stereocenters. The van der Waals surface area contributed by atoms with Crippen molar-refractivity contribution in [2.24, 2.45) is 5.92 Å². The second-order valence-corrected chi connectivity index (χ2v) is 5.93. The van der Waals surface area contributed by atoms with E-state index >= 15 is 0 Å². The summed E-state index contributed by atoms with van der Waals surface area (Å²) in [5.74, 6) is 0.273. The first-order valence-corrected chi connectivity index (χ1v) is 7.11. The highest BCUT2D eigenvalue weighted by Gasteiger charge is 2.46. The lowest BCUT2D eigenvalue weighted by Crippen LogP contribution is -2.29. The summed E-state index contributed by atoms with van der Waals surface area (Å²) >= 11 is 11.8. The molecule has 0 bridgehead atoms. The van der Waals surface area contributed by atoms with Crippen molar-refractivity contribution in [1.82, 2.24) is 0 Å². The molecule has 1 fully saturated rings. The van der Waals surface area contributed by atoms with Gasteiger partial charge in [0.25, 0.3) is 0 Å². The molecule has 1 nitrogen and oxygen atoms in total. The molecular formula is C16H14Cl2O. The number of hydrogen-bond acceptors (Lipinski definition) is 1. The van der Waals surface area contributed by atoms with Crippen molar-refractivity contribution >= 4 is 23.2 Å². The lowest BCUT2D eigenvalue weighted by molar-refractivity contribution is 0.0564. The molecule has 0 amide bonds. The molecule has 98 valence electrons. The van der Waals surface area contributed by atoms with E-state index in [4.69, 9.17) is 23.2 Å². The summed E-state index contributed by atoms with van der Waals surface area (Å²) in [6.45, 7) is 0. The Hall–Kier alpha value is -1.02. The van der Waals surface area contributed by atoms with E-state index in [-0.39, 0.29) is 5.92 Å². The molecule has 0 aliphatic heterocycles. The minimum Gasteiger partial charge on any atom is -0.380 e. The van der Waals surface area contributed by atoms with Crippen LogP contribution in [0.25, 0.3) is 0 Å². The molecule has 3 heteroatoms. The number of rotatable bonds is 3. The maximum Gasteiger partial charge on any atom is 0.117 e. The average Bonchev–Trinajstić information content (AvgIpc) is 3.24. The zero-order chi connectivity index (χ0) is 13.5. The number of aliphatic hydroxyl groups is 1. The quantitative estimate of drug-likeness (QED) is 0.874. The van der Waals surface area contributed by atoms with Crippen LogP contribution in [0.2, 0.25) is 10.0 Å². The van der Waals surface area contributed by atoms with E-state index < -0.39 is 5.60 Å². The zero-order valence-corrected chi connectivity index (χ0v) is 11.8. The summed E-state index contributed by atoms with van der Waals surface area (Å²) in [6, 6.07) is 14.9. The molecule has 19 heavy (non-hydrogen) atoms. The molecule has 1 aliphatic carbocycles. The minimum atomic E-state index is -0.935. The number of halogens is 2. The van der Waals surface area contributed by atoms with Crippen LogP contribution in [0.4, 0.5) is 0 Å². The van der Waals surface area contributed by atoms with Gasteiger partial charge in [0.2, 0.25) is 0 Å². The molecule has 3 rings (SSSR count). The van der Waals surface area contributed by atoms with Gasteiger partial charge in [-0.2, -0.15) is 0 Å². The third-order valence-corrected chi connectivity index (χ3v) is 4.24. The van der Waals surface area contributed by atoms with Gasteiger partial charge in [-0.1, -0.05) is 47.5 Å². The van der Waals surface area contributed by atoms with E-state index in [1.165, 1.54) is 0 Å². The molecule has 0 aromatic heterocycles. The monoisotopic (exact) mass is 292 g/mol. The summed E-state index contributed by atoms with van der Waals surface area (Å²) in [7, 11) is 0. The lowest BCUT2D eigenvalue weighted by Gasteiger charge is -2.29. The van der Waals surface area contributed by atoms with Gasteiger partial charge in [0.1, 0.15) is 5.60 Å². The molecule has 2 aromatic rings. The largest absolute Gasteiger partial charge is 0.380 e. The molecule has 0 heterocycles. The van der Waals surface area contributed by atoms with Gasteiger partial charge >= 0.3 is 0 Å². The van der Waals surface area contributed by atoms with Crippen LogP contribution in [0.1, 0.15) is 24.0 Å². The molecule has 1 N–H and O–H groups in total. The molecule has 0 atom stereocenters. The number of benzene rings is 2. The molecule has 1 aliphatic rings. The van der Waals surface area contributed by atoms with E-state index in [0.717, 1.165) is 24.0 Å². The fourth-order valence-corrected chi connectivity index (χ4v) is 2.80. The van der Waals surface area contributed by atoms with Crippen molar-refractivity contribution in [3.8, 4) is 0 Å². The maximum absolute atomic E-state index is 11.2. The van der Waals surface area contributed by atoms with Crippen molar-refractivity contribution in [2.45, 2.75) is 18.4 Å².